The van der Waals surface area contributed by atoms with Gasteiger partial charge in [0.25, 0.3) is 0 Å². The summed E-state index contributed by atoms with van der Waals surface area (Å²) in [5.74, 6) is 0.992. The molecule has 0 unspecified atom stereocenters. The van der Waals surface area contributed by atoms with Crippen molar-refractivity contribution in [3.8, 4) is 0 Å². The van der Waals surface area contributed by atoms with Crippen molar-refractivity contribution in [1.29, 1.82) is 0 Å². The van der Waals surface area contributed by atoms with Gasteiger partial charge < -0.3 is 9.64 Å². The Morgan fingerprint density at radius 1 is 1.04 bits per heavy atom. The molecule has 0 amide bonds. The van der Waals surface area contributed by atoms with Crippen LogP contribution in [0.25, 0.3) is 0 Å². The van der Waals surface area contributed by atoms with Crippen LogP contribution in [0.1, 0.15) is 16.8 Å². The number of halogens is 1. The number of fused-ring (bicyclic) bond motifs is 1. The van der Waals surface area contributed by atoms with Gasteiger partial charge in [0, 0.05) is 44.7 Å². The van der Waals surface area contributed by atoms with Gasteiger partial charge in [-0.25, -0.2) is 9.97 Å². The summed E-state index contributed by atoms with van der Waals surface area (Å²) in [5.41, 5.74) is 3.66. The van der Waals surface area contributed by atoms with Crippen molar-refractivity contribution in [1.82, 2.24) is 14.9 Å². The molecule has 5 nitrogen and oxygen atoms in total. The van der Waals surface area contributed by atoms with Gasteiger partial charge in [-0.05, 0) is 17.2 Å². The summed E-state index contributed by atoms with van der Waals surface area (Å²) in [4.78, 5) is 13.8. The van der Waals surface area contributed by atoms with Crippen molar-refractivity contribution >= 4 is 17.4 Å². The molecule has 0 spiro atoms. The molecule has 1 saturated heterocycles. The zero-order valence-electron chi connectivity index (χ0n) is 13.6. The van der Waals surface area contributed by atoms with Crippen molar-refractivity contribution < 1.29 is 4.74 Å². The number of nitrogens with zero attached hydrogens (tertiary/aromatic N) is 4. The average Bonchev–Trinajstić information content (AvgIpc) is 2.63. The zero-order chi connectivity index (χ0) is 16.4. The Bertz CT molecular complexity index is 704. The normalized spacial score (nSPS) is 18.5. The molecule has 1 fully saturated rings. The lowest BCUT2D eigenvalue weighted by Crippen LogP contribution is -2.39. The highest BCUT2D eigenvalue weighted by Crippen LogP contribution is 2.29. The smallest absolute Gasteiger partial charge is 0.224 e. The molecule has 2 aliphatic heterocycles. The van der Waals surface area contributed by atoms with Gasteiger partial charge in [0.2, 0.25) is 5.28 Å². The minimum absolute atomic E-state index is 0.353. The van der Waals surface area contributed by atoms with Crippen LogP contribution in [0, 0.1) is 0 Å². The van der Waals surface area contributed by atoms with Gasteiger partial charge in [0.15, 0.2) is 0 Å². The van der Waals surface area contributed by atoms with Crippen LogP contribution in [0.15, 0.2) is 30.3 Å². The first-order valence-corrected chi connectivity index (χ1v) is 8.81. The molecule has 2 aliphatic rings. The van der Waals surface area contributed by atoms with E-state index in [1.165, 1.54) is 11.1 Å². The van der Waals surface area contributed by atoms with Gasteiger partial charge >= 0.3 is 0 Å². The van der Waals surface area contributed by atoms with Crippen LogP contribution in [0.3, 0.4) is 0 Å². The molecule has 1 aromatic heterocycles. The second-order valence-electron chi connectivity index (χ2n) is 6.29. The number of anilines is 1. The van der Waals surface area contributed by atoms with Crippen molar-refractivity contribution in [2.75, 3.05) is 37.7 Å². The largest absolute Gasteiger partial charge is 0.378 e. The van der Waals surface area contributed by atoms with Gasteiger partial charge in [0.1, 0.15) is 5.82 Å². The van der Waals surface area contributed by atoms with E-state index in [1.807, 2.05) is 0 Å². The Hall–Kier alpha value is -1.69. The number of ether oxygens (including phenoxy) is 1. The Morgan fingerprint density at radius 3 is 2.62 bits per heavy atom. The third-order valence-corrected chi connectivity index (χ3v) is 4.82. The molecular weight excluding hydrogens is 324 g/mol. The fourth-order valence-electron chi connectivity index (χ4n) is 3.44. The minimum Gasteiger partial charge on any atom is -0.378 e. The van der Waals surface area contributed by atoms with E-state index < -0.39 is 0 Å². The molecule has 0 aliphatic carbocycles. The lowest BCUT2D eigenvalue weighted by molar-refractivity contribution is 0.122. The van der Waals surface area contributed by atoms with Crippen molar-refractivity contribution in [3.05, 3.63) is 52.4 Å². The first-order chi connectivity index (χ1) is 11.8. The summed E-state index contributed by atoms with van der Waals surface area (Å²) in [7, 11) is 0. The molecule has 0 radical (unpaired) electrons. The third-order valence-electron chi connectivity index (χ3n) is 4.65. The van der Waals surface area contributed by atoms with Crippen LogP contribution in [0.5, 0.6) is 0 Å². The van der Waals surface area contributed by atoms with Crippen molar-refractivity contribution in [3.63, 3.8) is 0 Å². The summed E-state index contributed by atoms with van der Waals surface area (Å²) in [6, 6.07) is 10.6. The molecule has 3 heterocycles. The van der Waals surface area contributed by atoms with Crippen LogP contribution < -0.4 is 4.90 Å². The topological polar surface area (TPSA) is 41.5 Å². The molecule has 4 rings (SSSR count). The Labute approximate surface area is 147 Å². The number of aromatic nitrogens is 2. The second kappa shape index (κ2) is 7.05. The number of morpholine rings is 1. The van der Waals surface area contributed by atoms with Crippen LogP contribution in [-0.2, 0) is 24.2 Å². The summed E-state index contributed by atoms with van der Waals surface area (Å²) in [6.07, 6.45) is 0.918. The van der Waals surface area contributed by atoms with Crippen LogP contribution >= 0.6 is 11.6 Å². The SMILES string of the molecule is Clc1nc2c(c(N3CCOCC3)n1)CN(Cc1ccccc1)CC2. The van der Waals surface area contributed by atoms with E-state index in [1.54, 1.807) is 0 Å². The third kappa shape index (κ3) is 3.38. The first kappa shape index (κ1) is 15.8. The standard InChI is InChI=1S/C18H21ClN4O/c19-18-20-16-6-7-22(12-14-4-2-1-3-5-14)13-15(16)17(21-18)23-8-10-24-11-9-23/h1-5H,6-13H2. The van der Waals surface area contributed by atoms with Crippen molar-refractivity contribution in [2.24, 2.45) is 0 Å². The van der Waals surface area contributed by atoms with E-state index >= 15 is 0 Å². The molecule has 0 atom stereocenters. The highest BCUT2D eigenvalue weighted by molar-refractivity contribution is 6.28. The number of hydrogen-bond acceptors (Lipinski definition) is 5. The Kier molecular flexibility index (Phi) is 4.65. The molecule has 24 heavy (non-hydrogen) atoms. The van der Waals surface area contributed by atoms with Crippen LogP contribution in [0.2, 0.25) is 5.28 Å². The second-order valence-corrected chi connectivity index (χ2v) is 6.63. The van der Waals surface area contributed by atoms with E-state index in [0.717, 1.165) is 63.9 Å². The molecule has 0 N–H and O–H groups in total. The number of rotatable bonds is 3. The highest BCUT2D eigenvalue weighted by atomic mass is 35.5. The summed E-state index contributed by atoms with van der Waals surface area (Å²) in [6.45, 7) is 6.02. The van der Waals surface area contributed by atoms with E-state index in [4.69, 9.17) is 16.3 Å². The minimum atomic E-state index is 0.353. The van der Waals surface area contributed by atoms with Gasteiger partial charge in [-0.1, -0.05) is 30.3 Å². The molecular formula is C18H21ClN4O. The van der Waals surface area contributed by atoms with Crippen molar-refractivity contribution in [2.45, 2.75) is 19.5 Å². The number of hydrogen-bond donors (Lipinski definition) is 0. The molecule has 126 valence electrons. The molecule has 0 bridgehead atoms. The molecule has 0 saturated carbocycles. The predicted molar refractivity (Wildman–Crippen MR) is 94.3 cm³/mol. The fraction of sp³-hybridized carbons (Fsp3) is 0.444. The van der Waals surface area contributed by atoms with Crippen LogP contribution in [0.4, 0.5) is 5.82 Å². The predicted octanol–water partition coefficient (Wildman–Crippen LogP) is 2.52. The maximum absolute atomic E-state index is 6.17. The fourth-order valence-corrected chi connectivity index (χ4v) is 3.62. The van der Waals surface area contributed by atoms with Gasteiger partial charge in [-0.15, -0.1) is 0 Å². The average molecular weight is 345 g/mol. The number of benzene rings is 1. The monoisotopic (exact) mass is 344 g/mol. The van der Waals surface area contributed by atoms with E-state index in [2.05, 4.69) is 50.1 Å². The highest BCUT2D eigenvalue weighted by Gasteiger charge is 2.25. The summed E-state index contributed by atoms with van der Waals surface area (Å²) < 4.78 is 5.47. The lowest BCUT2D eigenvalue weighted by Gasteiger charge is -2.34. The van der Waals surface area contributed by atoms with E-state index in [9.17, 15) is 0 Å². The molecule has 2 aromatic rings. The van der Waals surface area contributed by atoms with Gasteiger partial charge in [0.05, 0.1) is 18.9 Å². The summed E-state index contributed by atoms with van der Waals surface area (Å²) in [5, 5.41) is 0.353. The van der Waals surface area contributed by atoms with E-state index in [-0.39, 0.29) is 0 Å². The zero-order valence-corrected chi connectivity index (χ0v) is 14.4. The maximum atomic E-state index is 6.17. The van der Waals surface area contributed by atoms with Gasteiger partial charge in [-0.2, -0.15) is 0 Å². The van der Waals surface area contributed by atoms with Gasteiger partial charge in [-0.3, -0.25) is 4.90 Å². The quantitative estimate of drug-likeness (QED) is 0.800. The molecule has 6 heteroatoms. The molecule has 1 aromatic carbocycles. The maximum Gasteiger partial charge on any atom is 0.224 e. The van der Waals surface area contributed by atoms with E-state index in [0.29, 0.717) is 5.28 Å². The van der Waals surface area contributed by atoms with Crippen LogP contribution in [-0.4, -0.2) is 47.7 Å². The lowest BCUT2D eigenvalue weighted by atomic mass is 10.0. The Morgan fingerprint density at radius 2 is 1.83 bits per heavy atom. The Balaban J connectivity index is 1.59. The summed E-state index contributed by atoms with van der Waals surface area (Å²) >= 11 is 6.17. The first-order valence-electron chi connectivity index (χ1n) is 8.44.